The lowest BCUT2D eigenvalue weighted by atomic mass is 9.93. The van der Waals surface area contributed by atoms with E-state index in [1.54, 1.807) is 29.4 Å². The van der Waals surface area contributed by atoms with Gasteiger partial charge < -0.3 is 31.5 Å². The first-order chi connectivity index (χ1) is 22.0. The van der Waals surface area contributed by atoms with Gasteiger partial charge in [-0.1, -0.05) is 19.1 Å². The molecule has 46 heavy (non-hydrogen) atoms. The molecule has 0 bridgehead atoms. The highest BCUT2D eigenvalue weighted by Crippen LogP contribution is 2.26. The maximum absolute atomic E-state index is 12.8. The molecule has 6 amide bonds. The van der Waals surface area contributed by atoms with Crippen LogP contribution in [0.15, 0.2) is 47.8 Å². The molecule has 1 saturated heterocycles. The smallest absolute Gasteiger partial charge is 0.322 e. The molecular weight excluding hydrogens is 616 g/mol. The number of hydrogen-bond donors (Lipinski definition) is 5. The van der Waals surface area contributed by atoms with Crippen molar-refractivity contribution in [2.24, 2.45) is 16.8 Å². The Balaban J connectivity index is 1.11. The molecule has 4 heterocycles. The zero-order valence-corrected chi connectivity index (χ0v) is 26.0. The fraction of sp³-hybridized carbons (Fsp3) is 0.433. The molecule has 0 saturated carbocycles. The molecule has 3 aliphatic heterocycles. The van der Waals surface area contributed by atoms with E-state index in [2.05, 4.69) is 20.7 Å². The first kappa shape index (κ1) is 33.0. The molecule has 0 aliphatic carbocycles. The summed E-state index contributed by atoms with van der Waals surface area (Å²) < 4.78 is 0. The van der Waals surface area contributed by atoms with E-state index in [1.807, 2.05) is 25.1 Å². The molecule has 2 aromatic rings. The molecule has 1 aromatic heterocycles. The molecule has 244 valence electrons. The molecule has 2 unspecified atom stereocenters. The zero-order valence-electron chi connectivity index (χ0n) is 25.2. The number of carbonyl (C=O) groups excluding carboxylic acids is 5. The van der Waals surface area contributed by atoms with Gasteiger partial charge in [0, 0.05) is 62.2 Å². The number of carbonyl (C=O) groups is 5. The molecule has 6 N–H and O–H groups in total. The van der Waals surface area contributed by atoms with Crippen LogP contribution < -0.4 is 16.4 Å². The Kier molecular flexibility index (Phi) is 10.3. The predicted molar refractivity (Wildman–Crippen MR) is 168 cm³/mol. The van der Waals surface area contributed by atoms with Crippen molar-refractivity contribution in [1.29, 1.82) is 0 Å². The largest absolute Gasteiger partial charge is 0.367 e. The number of hydrogen-bond acceptors (Lipinski definition) is 11. The van der Waals surface area contributed by atoms with Crippen LogP contribution in [0.5, 0.6) is 0 Å². The maximum Gasteiger partial charge on any atom is 0.322 e. The number of nitrogens with zero attached hydrogens (tertiary/aromatic N) is 5. The number of urea groups is 1. The number of hydrazone groups is 1. The van der Waals surface area contributed by atoms with Crippen LogP contribution in [0.4, 0.5) is 10.5 Å². The predicted octanol–water partition coefficient (Wildman–Crippen LogP) is -0.183. The van der Waals surface area contributed by atoms with Crippen molar-refractivity contribution in [3.8, 4) is 0 Å². The number of fused-ring (bicyclic) bond motifs is 1. The number of amides is 6. The summed E-state index contributed by atoms with van der Waals surface area (Å²) in [6.45, 7) is 2.59. The summed E-state index contributed by atoms with van der Waals surface area (Å²) in [7, 11) is 0. The van der Waals surface area contributed by atoms with Gasteiger partial charge in [0.2, 0.25) is 23.6 Å². The van der Waals surface area contributed by atoms with Gasteiger partial charge in [0.25, 0.3) is 0 Å². The van der Waals surface area contributed by atoms with Gasteiger partial charge in [0.05, 0.1) is 23.5 Å². The second-order valence-electron chi connectivity index (χ2n) is 11.4. The summed E-state index contributed by atoms with van der Waals surface area (Å²) in [4.78, 5) is 69.7. The van der Waals surface area contributed by atoms with Crippen LogP contribution in [0.3, 0.4) is 0 Å². The molecule has 15 nitrogen and oxygen atoms in total. The van der Waals surface area contributed by atoms with Crippen molar-refractivity contribution < 1.29 is 34.2 Å². The molecule has 0 spiro atoms. The van der Waals surface area contributed by atoms with Crippen molar-refractivity contribution in [2.45, 2.75) is 50.4 Å². The van der Waals surface area contributed by atoms with E-state index in [-0.39, 0.29) is 49.5 Å². The van der Waals surface area contributed by atoms with Crippen LogP contribution in [0.2, 0.25) is 0 Å². The van der Waals surface area contributed by atoms with E-state index in [4.69, 9.17) is 15.9 Å². The van der Waals surface area contributed by atoms with Crippen molar-refractivity contribution in [3.05, 3.63) is 59.4 Å². The number of aliphatic hydroxyl groups excluding tert-OH is 1. The molecule has 1 fully saturated rings. The van der Waals surface area contributed by atoms with E-state index < -0.39 is 41.8 Å². The summed E-state index contributed by atoms with van der Waals surface area (Å²) in [5.41, 5.74) is 9.78. The average Bonchev–Trinajstić information content (AvgIpc) is 3.58. The van der Waals surface area contributed by atoms with E-state index in [1.165, 1.54) is 5.01 Å². The minimum atomic E-state index is -1.74. The standard InChI is InChI=1S/C30H36N8O7S/c1-17-10-26(41)38(9-8-33-24(39)15-37-25(40)11-23(28(37)42)46-16-22(31)29(43)44)35-27(17)18-2-4-21(5-3-18)34-30(45)36-13-19-6-7-32-12-20(19)14-36/h2-7,12,17,22-23,29,43-44H,8-11,13-16,31H2,1H3,(H,33,39)(H,34,45)/t17?,22-,23?/m0/s1. The minimum absolute atomic E-state index is 0.0504. The van der Waals surface area contributed by atoms with Crippen LogP contribution in [-0.4, -0.2) is 108 Å². The number of aromatic nitrogens is 1. The highest BCUT2D eigenvalue weighted by atomic mass is 32.2. The Morgan fingerprint density at radius 3 is 2.52 bits per heavy atom. The number of thioether (sulfide) groups is 1. The summed E-state index contributed by atoms with van der Waals surface area (Å²) >= 11 is 1.03. The van der Waals surface area contributed by atoms with Crippen LogP contribution in [0.25, 0.3) is 0 Å². The Morgan fingerprint density at radius 1 is 1.07 bits per heavy atom. The molecule has 3 atom stereocenters. The minimum Gasteiger partial charge on any atom is -0.367 e. The number of likely N-dealkylation sites (tertiary alicyclic amines) is 1. The van der Waals surface area contributed by atoms with E-state index in [0.29, 0.717) is 24.5 Å². The van der Waals surface area contributed by atoms with Gasteiger partial charge in [-0.25, -0.2) is 9.80 Å². The second kappa shape index (κ2) is 14.4. The Bertz CT molecular complexity index is 1510. The highest BCUT2D eigenvalue weighted by molar-refractivity contribution is 8.00. The van der Waals surface area contributed by atoms with Crippen molar-refractivity contribution in [1.82, 2.24) is 25.1 Å². The van der Waals surface area contributed by atoms with Gasteiger partial charge in [-0.2, -0.15) is 5.10 Å². The average molecular weight is 653 g/mol. The zero-order chi connectivity index (χ0) is 33.0. The van der Waals surface area contributed by atoms with E-state index in [0.717, 1.165) is 33.4 Å². The van der Waals surface area contributed by atoms with Gasteiger partial charge in [-0.05, 0) is 34.9 Å². The normalized spacial score (nSPS) is 20.2. The van der Waals surface area contributed by atoms with Gasteiger partial charge >= 0.3 is 6.03 Å². The Labute approximate surface area is 269 Å². The number of benzene rings is 1. The Hall–Kier alpha value is -4.38. The van der Waals surface area contributed by atoms with Crippen LogP contribution in [-0.2, 0) is 32.3 Å². The van der Waals surface area contributed by atoms with Gasteiger partial charge in [-0.3, -0.25) is 29.1 Å². The quantitative estimate of drug-likeness (QED) is 0.160. The lowest BCUT2D eigenvalue weighted by Gasteiger charge is -2.28. The van der Waals surface area contributed by atoms with Crippen molar-refractivity contribution >= 4 is 52.8 Å². The SMILES string of the molecule is CC1CC(=O)N(CCNC(=O)CN2C(=O)CC(SC[C@H](N)C(O)O)C2=O)N=C1c1ccc(NC(=O)N2Cc3ccncc3C2)cc1. The number of nitrogens with two attached hydrogens (primary N) is 1. The number of aliphatic hydroxyl groups is 2. The van der Waals surface area contributed by atoms with E-state index >= 15 is 0 Å². The lowest BCUT2D eigenvalue weighted by molar-refractivity contribution is -0.142. The van der Waals surface area contributed by atoms with Gasteiger partial charge in [0.15, 0.2) is 6.29 Å². The third kappa shape index (κ3) is 7.70. The third-order valence-corrected chi connectivity index (χ3v) is 9.28. The Morgan fingerprint density at radius 2 is 1.80 bits per heavy atom. The number of imide groups is 1. The van der Waals surface area contributed by atoms with Crippen molar-refractivity contribution in [3.63, 3.8) is 0 Å². The molecular formula is C30H36N8O7S. The molecule has 0 radical (unpaired) electrons. The molecule has 5 rings (SSSR count). The van der Waals surface area contributed by atoms with E-state index in [9.17, 15) is 24.0 Å². The summed E-state index contributed by atoms with van der Waals surface area (Å²) in [5, 5.41) is 28.9. The number of pyridine rings is 1. The maximum atomic E-state index is 12.8. The topological polar surface area (TPSA) is 211 Å². The van der Waals surface area contributed by atoms with Crippen LogP contribution in [0, 0.1) is 5.92 Å². The van der Waals surface area contributed by atoms with Crippen LogP contribution >= 0.6 is 11.8 Å². The summed E-state index contributed by atoms with van der Waals surface area (Å²) in [5.74, 6) is -1.90. The van der Waals surface area contributed by atoms with Crippen molar-refractivity contribution in [2.75, 3.05) is 30.7 Å². The fourth-order valence-corrected chi connectivity index (χ4v) is 6.48. The van der Waals surface area contributed by atoms with Gasteiger partial charge in [-0.15, -0.1) is 11.8 Å². The number of anilines is 1. The highest BCUT2D eigenvalue weighted by Gasteiger charge is 2.40. The molecule has 1 aromatic carbocycles. The third-order valence-electron chi connectivity index (χ3n) is 7.93. The number of nitrogens with one attached hydrogen (secondary N) is 2. The van der Waals surface area contributed by atoms with Gasteiger partial charge in [0.1, 0.15) is 6.54 Å². The molecule has 3 aliphatic rings. The first-order valence-corrected chi connectivity index (χ1v) is 15.9. The first-order valence-electron chi connectivity index (χ1n) is 14.8. The lowest BCUT2D eigenvalue weighted by Crippen LogP contribution is -2.44. The number of rotatable bonds is 11. The fourth-order valence-electron chi connectivity index (χ4n) is 5.32. The summed E-state index contributed by atoms with van der Waals surface area (Å²) in [6, 6.07) is 7.94. The van der Waals surface area contributed by atoms with Crippen LogP contribution in [0.1, 0.15) is 36.5 Å². The second-order valence-corrected chi connectivity index (χ2v) is 12.6. The monoisotopic (exact) mass is 652 g/mol. The molecule has 16 heteroatoms. The summed E-state index contributed by atoms with van der Waals surface area (Å²) in [6.07, 6.45) is 1.86.